The highest BCUT2D eigenvalue weighted by Crippen LogP contribution is 2.11. The first-order valence-electron chi connectivity index (χ1n) is 5.59. The van der Waals surface area contributed by atoms with E-state index < -0.39 is 0 Å². The molecule has 0 aromatic heterocycles. The van der Waals surface area contributed by atoms with Gasteiger partial charge in [-0.05, 0) is 24.0 Å². The van der Waals surface area contributed by atoms with Crippen molar-refractivity contribution in [2.75, 3.05) is 0 Å². The van der Waals surface area contributed by atoms with E-state index in [2.05, 4.69) is 55.1 Å². The molecule has 0 aliphatic heterocycles. The van der Waals surface area contributed by atoms with Crippen LogP contribution in [0.2, 0.25) is 0 Å². The van der Waals surface area contributed by atoms with Gasteiger partial charge in [-0.3, -0.25) is 0 Å². The number of hydrogen-bond donors (Lipinski definition) is 2. The van der Waals surface area contributed by atoms with Gasteiger partial charge < -0.3 is 12.3 Å². The molecule has 0 amide bonds. The molecule has 6 N–H and O–H groups in total. The molecule has 0 saturated heterocycles. The summed E-state index contributed by atoms with van der Waals surface area (Å²) in [5.41, 5.74) is 3.93. The fraction of sp³-hybridized carbons (Fsp3) is 0.125. The standard InChI is InChI=1S/C16H16.2H3N/c1-14(12-15-8-4-2-5-9-15)13-16-10-6-3-7-11-16;;/h2-11H,1,12-13H2;2*1H3. The molecule has 96 valence electrons. The van der Waals surface area contributed by atoms with Crippen molar-refractivity contribution >= 4 is 0 Å². The second-order valence-corrected chi connectivity index (χ2v) is 4.07. The summed E-state index contributed by atoms with van der Waals surface area (Å²) < 4.78 is 0. The lowest BCUT2D eigenvalue weighted by molar-refractivity contribution is 1.04. The fourth-order valence-corrected chi connectivity index (χ4v) is 1.83. The Bertz CT molecular complexity index is 406. The lowest BCUT2D eigenvalue weighted by Gasteiger charge is -2.05. The van der Waals surface area contributed by atoms with Crippen LogP contribution in [0.3, 0.4) is 0 Å². The number of rotatable bonds is 4. The van der Waals surface area contributed by atoms with E-state index in [0.29, 0.717) is 0 Å². The summed E-state index contributed by atoms with van der Waals surface area (Å²) in [5, 5.41) is 0. The molecule has 0 heterocycles. The Balaban J connectivity index is 0.00000144. The van der Waals surface area contributed by atoms with E-state index in [0.717, 1.165) is 12.8 Å². The van der Waals surface area contributed by atoms with Crippen molar-refractivity contribution in [1.29, 1.82) is 0 Å². The smallest absolute Gasteiger partial charge is 0.00665 e. The van der Waals surface area contributed by atoms with Crippen molar-refractivity contribution in [3.05, 3.63) is 83.9 Å². The molecule has 0 unspecified atom stereocenters. The molecular formula is C16H22N2. The Kier molecular flexibility index (Phi) is 7.36. The van der Waals surface area contributed by atoms with Gasteiger partial charge in [-0.1, -0.05) is 72.8 Å². The normalized spacial score (nSPS) is 8.89. The molecule has 0 radical (unpaired) electrons. The van der Waals surface area contributed by atoms with Crippen LogP contribution < -0.4 is 12.3 Å². The molecule has 2 rings (SSSR count). The summed E-state index contributed by atoms with van der Waals surface area (Å²) in [7, 11) is 0. The zero-order valence-corrected chi connectivity index (χ0v) is 10.8. The lowest BCUT2D eigenvalue weighted by atomic mass is 10.00. The van der Waals surface area contributed by atoms with Crippen molar-refractivity contribution in [2.45, 2.75) is 12.8 Å². The first kappa shape index (κ1) is 16.1. The third-order valence-corrected chi connectivity index (χ3v) is 2.59. The Hall–Kier alpha value is -1.90. The third-order valence-electron chi connectivity index (χ3n) is 2.59. The molecule has 18 heavy (non-hydrogen) atoms. The van der Waals surface area contributed by atoms with Crippen LogP contribution in [0.1, 0.15) is 11.1 Å². The van der Waals surface area contributed by atoms with Crippen LogP contribution in [0, 0.1) is 0 Å². The van der Waals surface area contributed by atoms with Crippen molar-refractivity contribution in [3.63, 3.8) is 0 Å². The molecule has 2 heteroatoms. The molecule has 0 fully saturated rings. The Morgan fingerprint density at radius 3 is 1.33 bits per heavy atom. The van der Waals surface area contributed by atoms with Crippen LogP contribution in [0.15, 0.2) is 72.8 Å². The van der Waals surface area contributed by atoms with Crippen molar-refractivity contribution in [3.8, 4) is 0 Å². The quantitative estimate of drug-likeness (QED) is 0.782. The molecule has 0 atom stereocenters. The molecule has 2 aromatic carbocycles. The Labute approximate surface area is 110 Å². The van der Waals surface area contributed by atoms with Crippen LogP contribution in [0.25, 0.3) is 0 Å². The zero-order chi connectivity index (χ0) is 11.2. The Morgan fingerprint density at radius 2 is 1.00 bits per heavy atom. The second kappa shape index (κ2) is 8.23. The summed E-state index contributed by atoms with van der Waals surface area (Å²) in [6, 6.07) is 21.0. The maximum absolute atomic E-state index is 4.15. The van der Waals surface area contributed by atoms with Gasteiger partial charge in [0.05, 0.1) is 0 Å². The minimum absolute atomic E-state index is 0. The van der Waals surface area contributed by atoms with Crippen LogP contribution in [0.4, 0.5) is 0 Å². The average Bonchev–Trinajstić information content (AvgIpc) is 2.31. The highest BCUT2D eigenvalue weighted by Gasteiger charge is 1.98. The lowest BCUT2D eigenvalue weighted by Crippen LogP contribution is -1.93. The van der Waals surface area contributed by atoms with Crippen molar-refractivity contribution in [2.24, 2.45) is 0 Å². The van der Waals surface area contributed by atoms with E-state index in [4.69, 9.17) is 0 Å². The maximum atomic E-state index is 4.15. The number of benzene rings is 2. The molecule has 2 aromatic rings. The van der Waals surface area contributed by atoms with Crippen LogP contribution in [-0.2, 0) is 12.8 Å². The largest absolute Gasteiger partial charge is 0.344 e. The molecule has 0 aliphatic carbocycles. The minimum Gasteiger partial charge on any atom is -0.344 e. The maximum Gasteiger partial charge on any atom is -0.00665 e. The zero-order valence-electron chi connectivity index (χ0n) is 10.8. The molecule has 0 bridgehead atoms. The summed E-state index contributed by atoms with van der Waals surface area (Å²) in [6.45, 7) is 4.15. The Morgan fingerprint density at radius 1 is 0.667 bits per heavy atom. The van der Waals surface area contributed by atoms with Crippen molar-refractivity contribution in [1.82, 2.24) is 12.3 Å². The van der Waals surface area contributed by atoms with Gasteiger partial charge >= 0.3 is 0 Å². The first-order valence-corrected chi connectivity index (χ1v) is 5.59. The molecular weight excluding hydrogens is 220 g/mol. The van der Waals surface area contributed by atoms with Gasteiger partial charge in [-0.2, -0.15) is 0 Å². The minimum atomic E-state index is 0. The molecule has 0 aliphatic rings. The van der Waals surface area contributed by atoms with Gasteiger partial charge in [-0.25, -0.2) is 0 Å². The summed E-state index contributed by atoms with van der Waals surface area (Å²) in [5.74, 6) is 0. The predicted molar refractivity (Wildman–Crippen MR) is 79.5 cm³/mol. The average molecular weight is 242 g/mol. The number of allylic oxidation sites excluding steroid dienone is 1. The van der Waals surface area contributed by atoms with Crippen LogP contribution >= 0.6 is 0 Å². The van der Waals surface area contributed by atoms with Crippen LogP contribution in [-0.4, -0.2) is 0 Å². The monoisotopic (exact) mass is 242 g/mol. The highest BCUT2D eigenvalue weighted by atomic mass is 14.0. The van der Waals surface area contributed by atoms with Gasteiger partial charge in [0.15, 0.2) is 0 Å². The van der Waals surface area contributed by atoms with E-state index in [9.17, 15) is 0 Å². The van der Waals surface area contributed by atoms with Gasteiger partial charge in [0, 0.05) is 0 Å². The molecule has 2 nitrogen and oxygen atoms in total. The predicted octanol–water partition coefficient (Wildman–Crippen LogP) is 4.35. The highest BCUT2D eigenvalue weighted by molar-refractivity contribution is 5.25. The second-order valence-electron chi connectivity index (χ2n) is 4.07. The third kappa shape index (κ3) is 4.95. The summed E-state index contributed by atoms with van der Waals surface area (Å²) in [6.07, 6.45) is 1.94. The van der Waals surface area contributed by atoms with E-state index in [-0.39, 0.29) is 12.3 Å². The summed E-state index contributed by atoms with van der Waals surface area (Å²) in [4.78, 5) is 0. The van der Waals surface area contributed by atoms with Gasteiger partial charge in [-0.15, -0.1) is 0 Å². The van der Waals surface area contributed by atoms with E-state index in [1.165, 1.54) is 16.7 Å². The number of hydrogen-bond acceptors (Lipinski definition) is 2. The SMILES string of the molecule is C=C(Cc1ccccc1)Cc1ccccc1.N.N. The molecule has 0 saturated carbocycles. The van der Waals surface area contributed by atoms with Gasteiger partial charge in [0.2, 0.25) is 0 Å². The fourth-order valence-electron chi connectivity index (χ4n) is 1.83. The van der Waals surface area contributed by atoms with E-state index >= 15 is 0 Å². The van der Waals surface area contributed by atoms with E-state index in [1.54, 1.807) is 0 Å². The van der Waals surface area contributed by atoms with Crippen LogP contribution in [0.5, 0.6) is 0 Å². The summed E-state index contributed by atoms with van der Waals surface area (Å²) >= 11 is 0. The van der Waals surface area contributed by atoms with Gasteiger partial charge in [0.25, 0.3) is 0 Å². The van der Waals surface area contributed by atoms with E-state index in [1.807, 2.05) is 12.1 Å². The van der Waals surface area contributed by atoms with Gasteiger partial charge in [0.1, 0.15) is 0 Å². The van der Waals surface area contributed by atoms with Crippen molar-refractivity contribution < 1.29 is 0 Å². The topological polar surface area (TPSA) is 70.0 Å². The first-order chi connectivity index (χ1) is 7.84. The molecule has 0 spiro atoms.